The molecule has 1 aromatic heterocycles. The lowest BCUT2D eigenvalue weighted by molar-refractivity contribution is -0.908. The van der Waals surface area contributed by atoms with Crippen molar-refractivity contribution >= 4 is 23.4 Å². The quantitative estimate of drug-likeness (QED) is 0.241. The fourth-order valence-corrected chi connectivity index (χ4v) is 5.03. The standard InChI is InChI=1S/C26H30FN3O6/c1-15-19(16(2)28-21(15)26(34)35-3)23(31)20-22(17-5-7-18(27)8-6-17)30(25(33)24(20)32)10-4-9-29-11-13-36-14-12-29/h5-8,22,28,31H,4,9-14H2,1-3H3. The number of ketones is 1. The molecular weight excluding hydrogens is 469 g/mol. The van der Waals surface area contributed by atoms with Crippen LogP contribution in [0.3, 0.4) is 0 Å². The molecule has 192 valence electrons. The Balaban J connectivity index is 1.74. The van der Waals surface area contributed by atoms with Crippen LogP contribution >= 0.6 is 0 Å². The highest BCUT2D eigenvalue weighted by Gasteiger charge is 2.44. The lowest BCUT2D eigenvalue weighted by Crippen LogP contribution is -3.14. The van der Waals surface area contributed by atoms with Crippen molar-refractivity contribution in [3.63, 3.8) is 0 Å². The van der Waals surface area contributed by atoms with Crippen LogP contribution in [0.4, 0.5) is 4.39 Å². The summed E-state index contributed by atoms with van der Waals surface area (Å²) < 4.78 is 23.9. The molecule has 1 aromatic carbocycles. The number of methoxy groups -OCH3 is 1. The summed E-state index contributed by atoms with van der Waals surface area (Å²) in [5.74, 6) is -3.39. The predicted molar refractivity (Wildman–Crippen MR) is 125 cm³/mol. The Hall–Kier alpha value is -3.50. The van der Waals surface area contributed by atoms with E-state index in [-0.39, 0.29) is 23.4 Å². The summed E-state index contributed by atoms with van der Waals surface area (Å²) in [7, 11) is 1.23. The molecule has 2 aromatic rings. The van der Waals surface area contributed by atoms with Crippen LogP contribution in [-0.2, 0) is 19.1 Å². The minimum Gasteiger partial charge on any atom is -0.872 e. The molecule has 2 aliphatic rings. The SMILES string of the molecule is COC(=O)c1[nH]c(C)c(C([O-])=C2C(=O)C(=O)N(CCC[NH+]3CCOCC3)C2c2ccc(F)cc2)c1C. The third kappa shape index (κ3) is 4.78. The van der Waals surface area contributed by atoms with Crippen LogP contribution in [0.5, 0.6) is 0 Å². The van der Waals surface area contributed by atoms with Crippen LogP contribution in [0.1, 0.15) is 45.3 Å². The molecular formula is C26H30FN3O6. The average molecular weight is 500 g/mol. The van der Waals surface area contributed by atoms with Crippen LogP contribution < -0.4 is 10.0 Å². The van der Waals surface area contributed by atoms with Crippen molar-refractivity contribution in [1.29, 1.82) is 0 Å². The summed E-state index contributed by atoms with van der Waals surface area (Å²) in [6.45, 7) is 7.38. The average Bonchev–Trinajstić information content (AvgIpc) is 3.31. The third-order valence-electron chi connectivity index (χ3n) is 6.90. The Kier molecular flexibility index (Phi) is 7.56. The molecule has 36 heavy (non-hydrogen) atoms. The maximum atomic E-state index is 13.8. The van der Waals surface area contributed by atoms with Crippen molar-refractivity contribution in [2.24, 2.45) is 0 Å². The monoisotopic (exact) mass is 499 g/mol. The van der Waals surface area contributed by atoms with Crippen molar-refractivity contribution in [1.82, 2.24) is 9.88 Å². The van der Waals surface area contributed by atoms with E-state index < -0.39 is 35.3 Å². The third-order valence-corrected chi connectivity index (χ3v) is 6.90. The van der Waals surface area contributed by atoms with E-state index in [0.29, 0.717) is 36.5 Å². The molecule has 2 N–H and O–H groups in total. The summed E-state index contributed by atoms with van der Waals surface area (Å²) >= 11 is 0. The number of nitrogens with one attached hydrogen (secondary N) is 2. The molecule has 4 rings (SSSR count). The van der Waals surface area contributed by atoms with Gasteiger partial charge >= 0.3 is 5.97 Å². The number of halogens is 1. The first-order chi connectivity index (χ1) is 17.2. The maximum absolute atomic E-state index is 13.8. The topological polar surface area (TPSA) is 116 Å². The van der Waals surface area contributed by atoms with Crippen molar-refractivity contribution in [2.75, 3.05) is 46.5 Å². The zero-order valence-corrected chi connectivity index (χ0v) is 20.6. The highest BCUT2D eigenvalue weighted by atomic mass is 19.1. The van der Waals surface area contributed by atoms with Gasteiger partial charge in [-0.05, 0) is 42.7 Å². The van der Waals surface area contributed by atoms with E-state index >= 15 is 0 Å². The van der Waals surface area contributed by atoms with Gasteiger partial charge in [-0.25, -0.2) is 9.18 Å². The van der Waals surface area contributed by atoms with Gasteiger partial charge in [-0.15, -0.1) is 0 Å². The molecule has 2 fully saturated rings. The number of H-pyrrole nitrogens is 1. The normalized spacial score (nSPS) is 20.2. The number of likely N-dealkylation sites (tertiary alicyclic amines) is 1. The molecule has 1 unspecified atom stereocenters. The van der Waals surface area contributed by atoms with Gasteiger partial charge in [0.2, 0.25) is 5.78 Å². The molecule has 2 aliphatic heterocycles. The molecule has 10 heteroatoms. The van der Waals surface area contributed by atoms with E-state index in [9.17, 15) is 23.9 Å². The second-order valence-corrected chi connectivity index (χ2v) is 9.11. The molecule has 0 radical (unpaired) electrons. The van der Waals surface area contributed by atoms with Crippen molar-refractivity contribution in [2.45, 2.75) is 26.3 Å². The second-order valence-electron chi connectivity index (χ2n) is 9.11. The molecule has 0 aliphatic carbocycles. The highest BCUT2D eigenvalue weighted by molar-refractivity contribution is 6.46. The van der Waals surface area contributed by atoms with E-state index in [1.807, 2.05) is 0 Å². The Labute approximate surface area is 208 Å². The molecule has 1 amide bonds. The van der Waals surface area contributed by atoms with Crippen LogP contribution in [0.15, 0.2) is 29.8 Å². The summed E-state index contributed by atoms with van der Waals surface area (Å²) in [6.07, 6.45) is 0.627. The number of Topliss-reactive ketones (excluding diaryl/α,β-unsaturated/α-hetero) is 1. The zero-order chi connectivity index (χ0) is 26.0. The molecule has 9 nitrogen and oxygen atoms in total. The molecule has 0 spiro atoms. The maximum Gasteiger partial charge on any atom is 0.354 e. The number of benzene rings is 1. The van der Waals surface area contributed by atoms with Gasteiger partial charge in [0.15, 0.2) is 0 Å². The fraction of sp³-hybridized carbons (Fsp3) is 0.423. The first kappa shape index (κ1) is 25.6. The van der Waals surface area contributed by atoms with Crippen LogP contribution in [-0.4, -0.2) is 74.0 Å². The number of carbonyl (C=O) groups excluding carboxylic acids is 3. The number of rotatable bonds is 7. The number of esters is 1. The van der Waals surface area contributed by atoms with Gasteiger partial charge in [0, 0.05) is 24.2 Å². The number of ether oxygens (including phenoxy) is 2. The molecule has 0 saturated carbocycles. The van der Waals surface area contributed by atoms with Gasteiger partial charge < -0.3 is 29.4 Å². The van der Waals surface area contributed by atoms with Gasteiger partial charge in [-0.3, -0.25) is 9.59 Å². The number of quaternary nitrogens is 1. The first-order valence-corrected chi connectivity index (χ1v) is 12.0. The fourth-order valence-electron chi connectivity index (χ4n) is 5.03. The zero-order valence-electron chi connectivity index (χ0n) is 20.6. The number of carbonyl (C=O) groups is 3. The minimum absolute atomic E-state index is 0.111. The smallest absolute Gasteiger partial charge is 0.354 e. The van der Waals surface area contributed by atoms with E-state index in [1.165, 1.54) is 41.2 Å². The van der Waals surface area contributed by atoms with E-state index in [4.69, 9.17) is 9.47 Å². The largest absolute Gasteiger partial charge is 0.872 e. The number of hydrogen-bond acceptors (Lipinski definition) is 6. The first-order valence-electron chi connectivity index (χ1n) is 12.0. The van der Waals surface area contributed by atoms with Gasteiger partial charge in [0.1, 0.15) is 24.6 Å². The summed E-state index contributed by atoms with van der Waals surface area (Å²) in [5.41, 5.74) is 1.25. The van der Waals surface area contributed by atoms with Gasteiger partial charge in [-0.2, -0.15) is 0 Å². The molecule has 0 bridgehead atoms. The molecule has 1 atom stereocenters. The van der Waals surface area contributed by atoms with E-state index in [2.05, 4.69) is 4.98 Å². The summed E-state index contributed by atoms with van der Waals surface area (Å²) in [6, 6.07) is 4.49. The number of aryl methyl sites for hydroxylation is 1. The van der Waals surface area contributed by atoms with Crippen molar-refractivity contribution < 1.29 is 38.3 Å². The summed E-state index contributed by atoms with van der Waals surface area (Å²) in [5, 5.41) is 13.8. The number of aromatic nitrogens is 1. The number of morpholine rings is 1. The van der Waals surface area contributed by atoms with Crippen molar-refractivity contribution in [3.8, 4) is 0 Å². The number of amides is 1. The number of aromatic amines is 1. The highest BCUT2D eigenvalue weighted by Crippen LogP contribution is 2.40. The predicted octanol–water partition coefficient (Wildman–Crippen LogP) is 0.0864. The van der Waals surface area contributed by atoms with Crippen molar-refractivity contribution in [3.05, 3.63) is 63.7 Å². The minimum atomic E-state index is -0.951. The van der Waals surface area contributed by atoms with Crippen LogP contribution in [0, 0.1) is 19.7 Å². The second kappa shape index (κ2) is 10.6. The lowest BCUT2D eigenvalue weighted by atomic mass is 9.94. The molecule has 2 saturated heterocycles. The van der Waals surface area contributed by atoms with Crippen LogP contribution in [0.2, 0.25) is 0 Å². The molecule has 3 heterocycles. The number of hydrogen-bond donors (Lipinski definition) is 2. The Bertz CT molecular complexity index is 1200. The number of nitrogens with zero attached hydrogens (tertiary/aromatic N) is 1. The van der Waals surface area contributed by atoms with Gasteiger partial charge in [0.25, 0.3) is 5.91 Å². The lowest BCUT2D eigenvalue weighted by Gasteiger charge is -2.29. The Morgan fingerprint density at radius 1 is 1.22 bits per heavy atom. The van der Waals surface area contributed by atoms with Crippen LogP contribution in [0.25, 0.3) is 5.76 Å². The Morgan fingerprint density at radius 3 is 2.53 bits per heavy atom. The summed E-state index contributed by atoms with van der Waals surface area (Å²) in [4.78, 5) is 44.1. The van der Waals surface area contributed by atoms with Gasteiger partial charge in [0.05, 0.1) is 32.9 Å². The Morgan fingerprint density at radius 2 is 1.89 bits per heavy atom. The van der Waals surface area contributed by atoms with Gasteiger partial charge in [-0.1, -0.05) is 17.9 Å². The van der Waals surface area contributed by atoms with E-state index in [0.717, 1.165) is 19.6 Å². The van der Waals surface area contributed by atoms with E-state index in [1.54, 1.807) is 13.8 Å².